The molecule has 0 aliphatic heterocycles. The summed E-state index contributed by atoms with van der Waals surface area (Å²) in [5.41, 5.74) is 0.400. The molecule has 18 heavy (non-hydrogen) atoms. The number of hydrogen-bond donors (Lipinski definition) is 2. The van der Waals surface area contributed by atoms with Gasteiger partial charge in [0.2, 0.25) is 5.91 Å². The Bertz CT molecular complexity index is 454. The Morgan fingerprint density at radius 1 is 1.50 bits per heavy atom. The maximum Gasteiger partial charge on any atom is 0.269 e. The first-order valence-corrected chi connectivity index (χ1v) is 6.13. The molecular formula is C12H20N4O2. The van der Waals surface area contributed by atoms with Crippen LogP contribution in [0.5, 0.6) is 0 Å². The monoisotopic (exact) mass is 252 g/mol. The van der Waals surface area contributed by atoms with E-state index in [1.807, 2.05) is 20.8 Å². The van der Waals surface area contributed by atoms with Gasteiger partial charge in [-0.1, -0.05) is 6.92 Å². The average Bonchev–Trinajstić information content (AvgIpc) is 2.28. The lowest BCUT2D eigenvalue weighted by Crippen LogP contribution is -2.36. The van der Waals surface area contributed by atoms with E-state index in [0.29, 0.717) is 5.69 Å². The normalized spacial score (nSPS) is 10.4. The minimum atomic E-state index is -0.282. The van der Waals surface area contributed by atoms with Crippen molar-refractivity contribution in [3.8, 4) is 0 Å². The van der Waals surface area contributed by atoms with Crippen molar-refractivity contribution in [3.63, 3.8) is 0 Å². The van der Waals surface area contributed by atoms with Gasteiger partial charge in [0, 0.05) is 18.7 Å². The van der Waals surface area contributed by atoms with Crippen LogP contribution in [0.1, 0.15) is 27.2 Å². The number of carbonyl (C=O) groups excluding carboxylic acids is 1. The van der Waals surface area contributed by atoms with Crippen molar-refractivity contribution in [2.24, 2.45) is 0 Å². The van der Waals surface area contributed by atoms with E-state index in [1.165, 1.54) is 6.07 Å². The highest BCUT2D eigenvalue weighted by Crippen LogP contribution is 1.99. The largest absolute Gasteiger partial charge is 0.384 e. The van der Waals surface area contributed by atoms with Gasteiger partial charge < -0.3 is 10.6 Å². The second-order valence-electron chi connectivity index (χ2n) is 4.39. The van der Waals surface area contributed by atoms with Gasteiger partial charge in [-0.15, -0.1) is 0 Å². The summed E-state index contributed by atoms with van der Waals surface area (Å²) in [7, 11) is 0. The molecule has 100 valence electrons. The minimum absolute atomic E-state index is 0.0505. The Labute approximate surface area is 106 Å². The van der Waals surface area contributed by atoms with Gasteiger partial charge in [-0.3, -0.25) is 9.59 Å². The van der Waals surface area contributed by atoms with Crippen LogP contribution in [0.3, 0.4) is 0 Å². The summed E-state index contributed by atoms with van der Waals surface area (Å²) in [6.07, 6.45) is 2.53. The lowest BCUT2D eigenvalue weighted by Gasteiger charge is -2.09. The Morgan fingerprint density at radius 2 is 2.22 bits per heavy atom. The zero-order valence-corrected chi connectivity index (χ0v) is 11.1. The van der Waals surface area contributed by atoms with Crippen molar-refractivity contribution in [3.05, 3.63) is 22.6 Å². The molecule has 6 heteroatoms. The Hall–Kier alpha value is -1.85. The van der Waals surface area contributed by atoms with Crippen LogP contribution in [-0.2, 0) is 11.3 Å². The second kappa shape index (κ2) is 6.78. The maximum atomic E-state index is 11.7. The predicted molar refractivity (Wildman–Crippen MR) is 70.6 cm³/mol. The fraction of sp³-hybridized carbons (Fsp3) is 0.583. The van der Waals surface area contributed by atoms with E-state index in [1.54, 1.807) is 6.20 Å². The molecule has 1 aromatic heterocycles. The molecule has 1 aromatic rings. The zero-order chi connectivity index (χ0) is 13.5. The van der Waals surface area contributed by atoms with E-state index in [0.717, 1.165) is 17.6 Å². The second-order valence-corrected chi connectivity index (χ2v) is 4.39. The molecule has 0 spiro atoms. The first-order chi connectivity index (χ1) is 8.52. The highest BCUT2D eigenvalue weighted by atomic mass is 16.2. The van der Waals surface area contributed by atoms with Gasteiger partial charge in [0.05, 0.1) is 11.9 Å². The van der Waals surface area contributed by atoms with Crippen LogP contribution < -0.4 is 16.2 Å². The molecule has 0 saturated carbocycles. The van der Waals surface area contributed by atoms with Crippen LogP contribution in [0.25, 0.3) is 0 Å². The molecule has 0 aromatic carbocycles. The van der Waals surface area contributed by atoms with Gasteiger partial charge in [-0.05, 0) is 20.3 Å². The van der Waals surface area contributed by atoms with E-state index >= 15 is 0 Å². The molecule has 2 N–H and O–H groups in total. The van der Waals surface area contributed by atoms with E-state index in [2.05, 4.69) is 15.7 Å². The van der Waals surface area contributed by atoms with Gasteiger partial charge in [-0.2, -0.15) is 5.10 Å². The maximum absolute atomic E-state index is 11.7. The topological polar surface area (TPSA) is 76.0 Å². The summed E-state index contributed by atoms with van der Waals surface area (Å²) in [6.45, 7) is 6.51. The van der Waals surface area contributed by atoms with Crippen molar-refractivity contribution in [1.82, 2.24) is 15.1 Å². The molecule has 1 amide bonds. The lowest BCUT2D eigenvalue weighted by atomic mass is 10.4. The average molecular weight is 252 g/mol. The highest BCUT2D eigenvalue weighted by molar-refractivity contribution is 5.75. The van der Waals surface area contributed by atoms with E-state index < -0.39 is 0 Å². The number of nitrogens with zero attached hydrogens (tertiary/aromatic N) is 2. The summed E-state index contributed by atoms with van der Waals surface area (Å²) in [5, 5.41) is 9.74. The summed E-state index contributed by atoms with van der Waals surface area (Å²) >= 11 is 0. The van der Waals surface area contributed by atoms with Crippen molar-refractivity contribution in [2.45, 2.75) is 39.8 Å². The van der Waals surface area contributed by atoms with E-state index in [9.17, 15) is 9.59 Å². The smallest absolute Gasteiger partial charge is 0.269 e. The lowest BCUT2D eigenvalue weighted by molar-refractivity contribution is -0.122. The number of carbonyl (C=O) groups is 1. The summed E-state index contributed by atoms with van der Waals surface area (Å²) < 4.78 is 1.15. The number of anilines is 1. The number of rotatable bonds is 6. The van der Waals surface area contributed by atoms with E-state index in [-0.39, 0.29) is 24.1 Å². The van der Waals surface area contributed by atoms with E-state index in [4.69, 9.17) is 0 Å². The van der Waals surface area contributed by atoms with Crippen LogP contribution in [0.4, 0.5) is 5.69 Å². The molecule has 0 aliphatic carbocycles. The Kier molecular flexibility index (Phi) is 5.35. The Balaban J connectivity index is 2.68. The van der Waals surface area contributed by atoms with Crippen molar-refractivity contribution < 1.29 is 4.79 Å². The van der Waals surface area contributed by atoms with Crippen LogP contribution >= 0.6 is 0 Å². The predicted octanol–water partition coefficient (Wildman–Crippen LogP) is 0.590. The fourth-order valence-corrected chi connectivity index (χ4v) is 1.42. The molecule has 0 radical (unpaired) electrons. The quantitative estimate of drug-likeness (QED) is 0.777. The number of hydrogen-bond acceptors (Lipinski definition) is 4. The molecule has 0 bridgehead atoms. The molecule has 1 rings (SSSR count). The van der Waals surface area contributed by atoms with Crippen molar-refractivity contribution in [2.75, 3.05) is 11.9 Å². The van der Waals surface area contributed by atoms with Crippen LogP contribution in [0, 0.1) is 0 Å². The molecule has 0 saturated heterocycles. The molecule has 0 atom stereocenters. The zero-order valence-electron chi connectivity index (χ0n) is 11.1. The fourth-order valence-electron chi connectivity index (χ4n) is 1.42. The van der Waals surface area contributed by atoms with Crippen molar-refractivity contribution in [1.29, 1.82) is 0 Å². The standard InChI is InChI=1S/C12H20N4O2/c1-4-5-13-10-6-12(18)16(14-7-10)8-11(17)15-9(2)3/h6-7,9,13H,4-5,8H2,1-3H3,(H,15,17). The SMILES string of the molecule is CCCNc1cnn(CC(=O)NC(C)C)c(=O)c1. The van der Waals surface area contributed by atoms with Gasteiger partial charge in [0.15, 0.2) is 0 Å². The van der Waals surface area contributed by atoms with Gasteiger partial charge in [0.25, 0.3) is 5.56 Å². The molecule has 0 unspecified atom stereocenters. The third-order valence-corrected chi connectivity index (χ3v) is 2.19. The number of amides is 1. The number of nitrogens with one attached hydrogen (secondary N) is 2. The third kappa shape index (κ3) is 4.57. The highest BCUT2D eigenvalue weighted by Gasteiger charge is 2.07. The van der Waals surface area contributed by atoms with Gasteiger partial charge >= 0.3 is 0 Å². The first kappa shape index (κ1) is 14.2. The third-order valence-electron chi connectivity index (χ3n) is 2.19. The number of aromatic nitrogens is 2. The molecular weight excluding hydrogens is 232 g/mol. The van der Waals surface area contributed by atoms with Crippen LogP contribution in [-0.4, -0.2) is 28.3 Å². The van der Waals surface area contributed by atoms with Crippen LogP contribution in [0.15, 0.2) is 17.1 Å². The molecule has 6 nitrogen and oxygen atoms in total. The molecule has 1 heterocycles. The summed E-state index contributed by atoms with van der Waals surface area (Å²) in [4.78, 5) is 23.2. The minimum Gasteiger partial charge on any atom is -0.384 e. The first-order valence-electron chi connectivity index (χ1n) is 6.13. The molecule has 0 aliphatic rings. The summed E-state index contributed by atoms with van der Waals surface area (Å²) in [5.74, 6) is -0.214. The van der Waals surface area contributed by atoms with Crippen LogP contribution in [0.2, 0.25) is 0 Å². The van der Waals surface area contributed by atoms with Gasteiger partial charge in [0.1, 0.15) is 6.54 Å². The summed E-state index contributed by atoms with van der Waals surface area (Å²) in [6, 6.07) is 1.50. The molecule has 0 fully saturated rings. The van der Waals surface area contributed by atoms with Gasteiger partial charge in [-0.25, -0.2) is 4.68 Å². The van der Waals surface area contributed by atoms with Crippen molar-refractivity contribution >= 4 is 11.6 Å². The Morgan fingerprint density at radius 3 is 2.78 bits per heavy atom.